The van der Waals surface area contributed by atoms with Crippen molar-refractivity contribution in [3.63, 3.8) is 0 Å². The number of nitrogens with one attached hydrogen (secondary N) is 3. The van der Waals surface area contributed by atoms with E-state index < -0.39 is 0 Å². The zero-order valence-electron chi connectivity index (χ0n) is 24.2. The Balaban J connectivity index is 1.89. The van der Waals surface area contributed by atoms with Crippen LogP contribution in [0.3, 0.4) is 0 Å². The largest absolute Gasteiger partial charge is 0.325 e. The van der Waals surface area contributed by atoms with Crippen LogP contribution >= 0.6 is 0 Å². The number of urea groups is 2. The molecule has 0 spiro atoms. The normalized spacial score (nSPS) is 45.3. The summed E-state index contributed by atoms with van der Waals surface area (Å²) in [5.74, 6) is 0.563. The highest BCUT2D eigenvalue weighted by Crippen LogP contribution is 2.42. The molecule has 8 unspecified atom stereocenters. The fourth-order valence-electron chi connectivity index (χ4n) is 7.17. The maximum atomic E-state index is 13.5. The second-order valence-electron chi connectivity index (χ2n) is 12.9. The van der Waals surface area contributed by atoms with Crippen molar-refractivity contribution in [2.45, 2.75) is 142 Å². The van der Waals surface area contributed by atoms with Gasteiger partial charge in [-0.3, -0.25) is 5.32 Å². The molecule has 3 rings (SSSR count). The molecule has 0 aliphatic carbocycles. The molecule has 7 nitrogen and oxygen atoms in total. The minimum Gasteiger partial charge on any atom is -0.319 e. The van der Waals surface area contributed by atoms with Crippen LogP contribution in [-0.2, 0) is 0 Å². The van der Waals surface area contributed by atoms with Gasteiger partial charge in [0, 0.05) is 47.3 Å². The first-order valence-electron chi connectivity index (χ1n) is 14.2. The highest BCUT2D eigenvalue weighted by Gasteiger charge is 2.52. The Hall–Kier alpha value is -1.34. The van der Waals surface area contributed by atoms with Crippen LogP contribution in [-0.4, -0.2) is 69.2 Å². The quantitative estimate of drug-likeness (QED) is 0.483. The number of hydrogen-bond acceptors (Lipinski definition) is 4. The molecule has 0 aromatic rings. The first-order valence-corrected chi connectivity index (χ1v) is 14.2. The van der Waals surface area contributed by atoms with E-state index in [4.69, 9.17) is 0 Å². The summed E-state index contributed by atoms with van der Waals surface area (Å²) >= 11 is 0. The van der Waals surface area contributed by atoms with Crippen LogP contribution in [0.2, 0.25) is 0 Å². The van der Waals surface area contributed by atoms with Gasteiger partial charge in [-0.2, -0.15) is 0 Å². The van der Waals surface area contributed by atoms with Crippen LogP contribution in [0.5, 0.6) is 0 Å². The molecule has 3 saturated heterocycles. The zero-order valence-corrected chi connectivity index (χ0v) is 24.2. The SMILES string of the molecule is CCC1(C)CC(N2CCN(C3CC(C)(CC)NC(C)(CC)C3C)C(=O)NC2=O)C(C)C(C)(CC)N1. The van der Waals surface area contributed by atoms with Crippen molar-refractivity contribution < 1.29 is 9.59 Å². The number of piperidine rings is 2. The summed E-state index contributed by atoms with van der Waals surface area (Å²) in [7, 11) is 0. The second-order valence-corrected chi connectivity index (χ2v) is 12.9. The number of hydrogen-bond donors (Lipinski definition) is 3. The van der Waals surface area contributed by atoms with E-state index in [1.807, 2.05) is 9.80 Å². The lowest BCUT2D eigenvalue weighted by molar-refractivity contribution is 0.00385. The summed E-state index contributed by atoms with van der Waals surface area (Å²) in [5.41, 5.74) is -0.180. The first-order chi connectivity index (χ1) is 16.2. The minimum absolute atomic E-state index is 0.0341. The van der Waals surface area contributed by atoms with Gasteiger partial charge < -0.3 is 20.4 Å². The standard InChI is InChI=1S/C28H53N5O2/c1-11-25(7)17-21(19(5)27(9,13-3)30-25)32-15-16-33(24(35)29-23(32)34)22-18-26(8,12-2)31-28(10,14-4)20(22)6/h19-22,30-31H,11-18H2,1-10H3,(H,29,34,35). The molecule has 4 amide bonds. The molecule has 3 aliphatic rings. The summed E-state index contributed by atoms with van der Waals surface area (Å²) in [6.07, 6.45) is 5.80. The third-order valence-electron chi connectivity index (χ3n) is 10.8. The summed E-state index contributed by atoms with van der Waals surface area (Å²) in [4.78, 5) is 30.9. The Morgan fingerprint density at radius 1 is 0.686 bits per heavy atom. The Bertz CT molecular complexity index is 742. The molecule has 0 radical (unpaired) electrons. The van der Waals surface area contributed by atoms with Crippen molar-refractivity contribution in [1.29, 1.82) is 0 Å². The molecular formula is C28H53N5O2. The fraction of sp³-hybridized carbons (Fsp3) is 0.929. The van der Waals surface area contributed by atoms with Gasteiger partial charge in [0.15, 0.2) is 0 Å². The van der Waals surface area contributed by atoms with Crippen molar-refractivity contribution in [3.8, 4) is 0 Å². The van der Waals surface area contributed by atoms with E-state index in [1.165, 1.54) is 0 Å². The number of carbonyl (C=O) groups is 2. The molecule has 8 atom stereocenters. The number of imide groups is 1. The van der Waals surface area contributed by atoms with Crippen molar-refractivity contribution in [3.05, 3.63) is 0 Å². The maximum Gasteiger partial charge on any atom is 0.325 e. The van der Waals surface area contributed by atoms with Gasteiger partial charge in [0.05, 0.1) is 0 Å². The topological polar surface area (TPSA) is 76.7 Å². The van der Waals surface area contributed by atoms with E-state index in [0.29, 0.717) is 13.1 Å². The average molecular weight is 492 g/mol. The molecule has 3 N–H and O–H groups in total. The third-order valence-corrected chi connectivity index (χ3v) is 10.8. The molecular weight excluding hydrogens is 438 g/mol. The zero-order chi connectivity index (χ0) is 26.4. The predicted molar refractivity (Wildman–Crippen MR) is 144 cm³/mol. The molecule has 0 aromatic heterocycles. The van der Waals surface area contributed by atoms with Crippen LogP contribution in [0, 0.1) is 11.8 Å². The summed E-state index contributed by atoms with van der Waals surface area (Å²) in [6, 6.07) is -0.283. The summed E-state index contributed by atoms with van der Waals surface area (Å²) in [5, 5.41) is 10.6. The van der Waals surface area contributed by atoms with Crippen molar-refractivity contribution in [2.75, 3.05) is 13.1 Å². The minimum atomic E-state index is -0.230. The fourth-order valence-corrected chi connectivity index (χ4v) is 7.17. The molecule has 3 aliphatic heterocycles. The van der Waals surface area contributed by atoms with Crippen molar-refractivity contribution in [1.82, 2.24) is 25.8 Å². The molecule has 7 heteroatoms. The van der Waals surface area contributed by atoms with E-state index in [0.717, 1.165) is 38.5 Å². The first kappa shape index (κ1) is 28.2. The molecule has 0 aromatic carbocycles. The third kappa shape index (κ3) is 5.09. The van der Waals surface area contributed by atoms with Crippen LogP contribution in [0.4, 0.5) is 9.59 Å². The molecule has 0 saturated carbocycles. The van der Waals surface area contributed by atoms with E-state index >= 15 is 0 Å². The molecule has 0 bridgehead atoms. The van der Waals surface area contributed by atoms with Crippen molar-refractivity contribution >= 4 is 12.1 Å². The highest BCUT2D eigenvalue weighted by molar-refractivity contribution is 5.94. The van der Waals surface area contributed by atoms with Gasteiger partial charge in [-0.05, 0) is 78.1 Å². The number of rotatable bonds is 6. The van der Waals surface area contributed by atoms with Crippen LogP contribution < -0.4 is 16.0 Å². The van der Waals surface area contributed by atoms with E-state index in [9.17, 15) is 9.59 Å². The van der Waals surface area contributed by atoms with Gasteiger partial charge in [0.2, 0.25) is 0 Å². The Labute approximate surface area is 214 Å². The Morgan fingerprint density at radius 2 is 1.03 bits per heavy atom. The van der Waals surface area contributed by atoms with E-state index in [-0.39, 0.29) is 58.1 Å². The summed E-state index contributed by atoms with van der Waals surface area (Å²) < 4.78 is 0. The number of carbonyl (C=O) groups excluding carboxylic acids is 2. The highest BCUT2D eigenvalue weighted by atomic mass is 16.2. The lowest BCUT2D eigenvalue weighted by Gasteiger charge is -2.56. The van der Waals surface area contributed by atoms with E-state index in [2.05, 4.69) is 85.2 Å². The Kier molecular flexibility index (Phi) is 7.94. The second kappa shape index (κ2) is 9.85. The lowest BCUT2D eigenvalue weighted by Crippen LogP contribution is -2.69. The van der Waals surface area contributed by atoms with Crippen molar-refractivity contribution in [2.24, 2.45) is 11.8 Å². The number of nitrogens with zero attached hydrogens (tertiary/aromatic N) is 2. The lowest BCUT2D eigenvalue weighted by atomic mass is 9.68. The van der Waals surface area contributed by atoms with Gasteiger partial charge in [-0.15, -0.1) is 0 Å². The molecule has 35 heavy (non-hydrogen) atoms. The van der Waals surface area contributed by atoms with E-state index in [1.54, 1.807) is 0 Å². The van der Waals surface area contributed by atoms with Gasteiger partial charge in [-0.25, -0.2) is 9.59 Å². The predicted octanol–water partition coefficient (Wildman–Crippen LogP) is 5.10. The number of amides is 4. The average Bonchev–Trinajstić information content (AvgIpc) is 2.96. The molecule has 3 fully saturated rings. The Morgan fingerprint density at radius 3 is 1.31 bits per heavy atom. The van der Waals surface area contributed by atoms with Gasteiger partial charge in [0.25, 0.3) is 0 Å². The van der Waals surface area contributed by atoms with Gasteiger partial charge in [0.1, 0.15) is 0 Å². The smallest absolute Gasteiger partial charge is 0.319 e. The molecule has 3 heterocycles. The van der Waals surface area contributed by atoms with Gasteiger partial charge in [-0.1, -0.05) is 41.5 Å². The van der Waals surface area contributed by atoms with Crippen LogP contribution in [0.25, 0.3) is 0 Å². The monoisotopic (exact) mass is 491 g/mol. The van der Waals surface area contributed by atoms with Crippen LogP contribution in [0.15, 0.2) is 0 Å². The summed E-state index contributed by atoms with van der Waals surface area (Å²) in [6.45, 7) is 23.7. The maximum absolute atomic E-state index is 13.5. The van der Waals surface area contributed by atoms with Gasteiger partial charge >= 0.3 is 12.1 Å². The molecule has 202 valence electrons. The van der Waals surface area contributed by atoms with Crippen LogP contribution in [0.1, 0.15) is 108 Å².